The third-order valence-electron chi connectivity index (χ3n) is 4.65. The first-order chi connectivity index (χ1) is 9.56. The van der Waals surface area contributed by atoms with Gasteiger partial charge in [0.25, 0.3) is 0 Å². The maximum atomic E-state index is 12.3. The average Bonchev–Trinajstić information content (AvgIpc) is 2.96. The summed E-state index contributed by atoms with van der Waals surface area (Å²) in [7, 11) is 2.06. The summed E-state index contributed by atoms with van der Waals surface area (Å²) in [6.45, 7) is 9.30. The molecule has 1 aliphatic rings. The van der Waals surface area contributed by atoms with Crippen molar-refractivity contribution in [3.8, 4) is 0 Å². The summed E-state index contributed by atoms with van der Waals surface area (Å²) in [5.74, 6) is 0.249. The molecular weight excluding hydrogens is 248 g/mol. The number of ketones is 1. The van der Waals surface area contributed by atoms with Gasteiger partial charge in [-0.15, -0.1) is 0 Å². The standard InChI is InChI=1S/C17H22N2O/c1-5-16(20)17-11(3)18(4)15-8-13-10-19(6-2)9-12(13)7-14(15)17/h7-8H,5-6,9-10H2,1-4H3. The van der Waals surface area contributed by atoms with Crippen molar-refractivity contribution in [2.45, 2.75) is 40.3 Å². The van der Waals surface area contributed by atoms with Gasteiger partial charge in [0.1, 0.15) is 0 Å². The molecule has 0 spiro atoms. The van der Waals surface area contributed by atoms with Gasteiger partial charge < -0.3 is 4.57 Å². The second kappa shape index (κ2) is 4.74. The fourth-order valence-electron chi connectivity index (χ4n) is 3.28. The Balaban J connectivity index is 2.23. The minimum absolute atomic E-state index is 0.249. The molecule has 0 amide bonds. The van der Waals surface area contributed by atoms with Gasteiger partial charge in [0.05, 0.1) is 0 Å². The minimum Gasteiger partial charge on any atom is -0.347 e. The van der Waals surface area contributed by atoms with E-state index in [9.17, 15) is 4.79 Å². The van der Waals surface area contributed by atoms with Crippen LogP contribution in [-0.4, -0.2) is 21.8 Å². The number of nitrogens with zero attached hydrogens (tertiary/aromatic N) is 2. The first-order valence-corrected chi connectivity index (χ1v) is 7.43. The number of Topliss-reactive ketones (excluding diaryl/α,β-unsaturated/α-hetero) is 1. The van der Waals surface area contributed by atoms with E-state index < -0.39 is 0 Å². The Hall–Kier alpha value is -1.61. The Morgan fingerprint density at radius 1 is 1.20 bits per heavy atom. The van der Waals surface area contributed by atoms with E-state index in [2.05, 4.69) is 35.6 Å². The normalized spacial score (nSPS) is 15.0. The molecule has 106 valence electrons. The van der Waals surface area contributed by atoms with E-state index in [-0.39, 0.29) is 5.78 Å². The molecule has 0 N–H and O–H groups in total. The summed E-state index contributed by atoms with van der Waals surface area (Å²) in [6.07, 6.45) is 0.568. The molecule has 1 aromatic heterocycles. The maximum Gasteiger partial charge on any atom is 0.165 e. The molecular formula is C17H22N2O. The van der Waals surface area contributed by atoms with E-state index in [0.29, 0.717) is 6.42 Å². The third-order valence-corrected chi connectivity index (χ3v) is 4.65. The average molecular weight is 270 g/mol. The van der Waals surface area contributed by atoms with Crippen molar-refractivity contribution in [3.05, 3.63) is 34.5 Å². The number of fused-ring (bicyclic) bond motifs is 2. The van der Waals surface area contributed by atoms with Gasteiger partial charge in [0.15, 0.2) is 5.78 Å². The van der Waals surface area contributed by atoms with Crippen molar-refractivity contribution in [2.75, 3.05) is 6.54 Å². The van der Waals surface area contributed by atoms with Crippen molar-refractivity contribution < 1.29 is 4.79 Å². The Kier molecular flexibility index (Phi) is 3.17. The SMILES string of the molecule is CCC(=O)c1c(C)n(C)c2cc3c(cc12)CN(CC)C3. The lowest BCUT2D eigenvalue weighted by atomic mass is 10.0. The molecule has 0 unspecified atom stereocenters. The van der Waals surface area contributed by atoms with Crippen LogP contribution in [0.1, 0.15) is 47.4 Å². The minimum atomic E-state index is 0.249. The van der Waals surface area contributed by atoms with Crippen molar-refractivity contribution in [2.24, 2.45) is 7.05 Å². The molecule has 0 saturated carbocycles. The number of rotatable bonds is 3. The number of carbonyl (C=O) groups excluding carboxylic acids is 1. The number of benzene rings is 1. The quantitative estimate of drug-likeness (QED) is 0.799. The molecule has 0 aliphatic carbocycles. The van der Waals surface area contributed by atoms with Gasteiger partial charge in [-0.3, -0.25) is 9.69 Å². The summed E-state index contributed by atoms with van der Waals surface area (Å²) < 4.78 is 2.16. The Morgan fingerprint density at radius 2 is 1.85 bits per heavy atom. The van der Waals surface area contributed by atoms with E-state index >= 15 is 0 Å². The molecule has 3 nitrogen and oxygen atoms in total. The lowest BCUT2D eigenvalue weighted by Gasteiger charge is -2.09. The summed E-state index contributed by atoms with van der Waals surface area (Å²) in [4.78, 5) is 14.7. The van der Waals surface area contributed by atoms with Gasteiger partial charge in [-0.1, -0.05) is 13.8 Å². The van der Waals surface area contributed by atoms with Gasteiger partial charge in [-0.05, 0) is 36.7 Å². The van der Waals surface area contributed by atoms with Crippen molar-refractivity contribution in [1.29, 1.82) is 0 Å². The van der Waals surface area contributed by atoms with E-state index in [1.165, 1.54) is 16.6 Å². The lowest BCUT2D eigenvalue weighted by molar-refractivity contribution is 0.0989. The van der Waals surface area contributed by atoms with Crippen molar-refractivity contribution in [3.63, 3.8) is 0 Å². The van der Waals surface area contributed by atoms with Crippen LogP contribution in [0.25, 0.3) is 10.9 Å². The molecule has 0 fully saturated rings. The fraction of sp³-hybridized carbons (Fsp3) is 0.471. The molecule has 3 rings (SSSR count). The molecule has 0 radical (unpaired) electrons. The molecule has 20 heavy (non-hydrogen) atoms. The number of aryl methyl sites for hydroxylation is 1. The molecule has 3 heteroatoms. The van der Waals surface area contributed by atoms with Crippen LogP contribution in [0.3, 0.4) is 0 Å². The molecule has 1 aliphatic heterocycles. The summed E-state index contributed by atoms with van der Waals surface area (Å²) >= 11 is 0. The predicted molar refractivity (Wildman–Crippen MR) is 82.1 cm³/mol. The van der Waals surface area contributed by atoms with Gasteiger partial charge in [0, 0.05) is 48.7 Å². The van der Waals surface area contributed by atoms with Crippen LogP contribution in [-0.2, 0) is 20.1 Å². The predicted octanol–water partition coefficient (Wildman–Crippen LogP) is 3.41. The van der Waals surface area contributed by atoms with Crippen LogP contribution in [0.15, 0.2) is 12.1 Å². The van der Waals surface area contributed by atoms with E-state index in [1.54, 1.807) is 0 Å². The molecule has 2 aromatic rings. The molecule has 0 bridgehead atoms. The first kappa shape index (κ1) is 13.4. The molecule has 1 aromatic carbocycles. The van der Waals surface area contributed by atoms with Crippen LogP contribution < -0.4 is 0 Å². The zero-order valence-electron chi connectivity index (χ0n) is 12.8. The van der Waals surface area contributed by atoms with Gasteiger partial charge in [0.2, 0.25) is 0 Å². The van der Waals surface area contributed by atoms with Crippen LogP contribution >= 0.6 is 0 Å². The number of hydrogen-bond acceptors (Lipinski definition) is 2. The summed E-state index contributed by atoms with van der Waals surface area (Å²) in [5.41, 5.74) is 5.99. The fourth-order valence-corrected chi connectivity index (χ4v) is 3.28. The van der Waals surface area contributed by atoms with Crippen LogP contribution in [0.4, 0.5) is 0 Å². The third kappa shape index (κ3) is 1.80. The van der Waals surface area contributed by atoms with E-state index in [0.717, 1.165) is 36.3 Å². The largest absolute Gasteiger partial charge is 0.347 e. The van der Waals surface area contributed by atoms with Crippen LogP contribution in [0, 0.1) is 6.92 Å². The zero-order chi connectivity index (χ0) is 14.4. The summed E-state index contributed by atoms with van der Waals surface area (Å²) in [5, 5.41) is 1.13. The lowest BCUT2D eigenvalue weighted by Crippen LogP contribution is -2.14. The smallest absolute Gasteiger partial charge is 0.165 e. The van der Waals surface area contributed by atoms with Gasteiger partial charge in [-0.2, -0.15) is 0 Å². The highest BCUT2D eigenvalue weighted by atomic mass is 16.1. The topological polar surface area (TPSA) is 25.2 Å². The van der Waals surface area contributed by atoms with Crippen molar-refractivity contribution in [1.82, 2.24) is 9.47 Å². The van der Waals surface area contributed by atoms with Crippen LogP contribution in [0.5, 0.6) is 0 Å². The second-order valence-electron chi connectivity index (χ2n) is 5.74. The molecule has 0 saturated heterocycles. The Morgan fingerprint density at radius 3 is 2.45 bits per heavy atom. The van der Waals surface area contributed by atoms with Gasteiger partial charge in [-0.25, -0.2) is 0 Å². The van der Waals surface area contributed by atoms with E-state index in [1.807, 2.05) is 13.8 Å². The monoisotopic (exact) mass is 270 g/mol. The molecule has 2 heterocycles. The first-order valence-electron chi connectivity index (χ1n) is 7.43. The number of hydrogen-bond donors (Lipinski definition) is 0. The summed E-state index contributed by atoms with van der Waals surface area (Å²) in [6, 6.07) is 4.52. The number of carbonyl (C=O) groups is 1. The maximum absolute atomic E-state index is 12.3. The highest BCUT2D eigenvalue weighted by Gasteiger charge is 2.23. The Bertz CT molecular complexity index is 697. The zero-order valence-corrected chi connectivity index (χ0v) is 12.8. The highest BCUT2D eigenvalue weighted by Crippen LogP contribution is 2.32. The number of aromatic nitrogens is 1. The van der Waals surface area contributed by atoms with Gasteiger partial charge >= 0.3 is 0 Å². The van der Waals surface area contributed by atoms with Crippen molar-refractivity contribution >= 4 is 16.7 Å². The highest BCUT2D eigenvalue weighted by molar-refractivity contribution is 6.09. The van der Waals surface area contributed by atoms with Crippen LogP contribution in [0.2, 0.25) is 0 Å². The Labute approximate surface area is 120 Å². The second-order valence-corrected chi connectivity index (χ2v) is 5.74. The van der Waals surface area contributed by atoms with E-state index in [4.69, 9.17) is 0 Å². The molecule has 0 atom stereocenters.